The van der Waals surface area contributed by atoms with Crippen LogP contribution in [-0.2, 0) is 6.42 Å². The van der Waals surface area contributed by atoms with E-state index in [1.54, 1.807) is 0 Å². The van der Waals surface area contributed by atoms with Crippen molar-refractivity contribution in [3.05, 3.63) is 35.3 Å². The van der Waals surface area contributed by atoms with E-state index in [-0.39, 0.29) is 0 Å². The molecule has 0 spiro atoms. The quantitative estimate of drug-likeness (QED) is 0.853. The summed E-state index contributed by atoms with van der Waals surface area (Å²) in [6.45, 7) is 4.81. The zero-order valence-electron chi connectivity index (χ0n) is 9.83. The highest BCUT2D eigenvalue weighted by molar-refractivity contribution is 5.83. The number of rotatable bonds is 3. The molecule has 0 saturated heterocycles. The first-order valence-electron chi connectivity index (χ1n) is 5.65. The van der Waals surface area contributed by atoms with E-state index in [9.17, 15) is 0 Å². The van der Waals surface area contributed by atoms with E-state index in [4.69, 9.17) is 5.73 Å². The number of benzene rings is 1. The highest BCUT2D eigenvalue weighted by Gasteiger charge is 2.05. The maximum absolute atomic E-state index is 5.50. The predicted molar refractivity (Wildman–Crippen MR) is 66.4 cm³/mol. The van der Waals surface area contributed by atoms with Gasteiger partial charge in [0.2, 0.25) is 0 Å². The number of para-hydroxylation sites is 1. The Hall–Kier alpha value is -1.48. The summed E-state index contributed by atoms with van der Waals surface area (Å²) in [6, 6.07) is 6.21. The standard InChI is InChI=1S/C13H17N3/c1-9-5-3-6-11-10(2)15-12(7-4-8-14)16-13(9)11/h3,5-6H,4,7-8,14H2,1-2H3. The van der Waals surface area contributed by atoms with Crippen LogP contribution in [0.5, 0.6) is 0 Å². The predicted octanol–water partition coefficient (Wildman–Crippen LogP) is 2.14. The van der Waals surface area contributed by atoms with Crippen LogP contribution in [-0.4, -0.2) is 16.5 Å². The zero-order valence-corrected chi connectivity index (χ0v) is 9.83. The van der Waals surface area contributed by atoms with E-state index < -0.39 is 0 Å². The van der Waals surface area contributed by atoms with Crippen LogP contribution in [0.25, 0.3) is 10.9 Å². The number of hydrogen-bond donors (Lipinski definition) is 1. The lowest BCUT2D eigenvalue weighted by Crippen LogP contribution is -2.04. The van der Waals surface area contributed by atoms with Crippen molar-refractivity contribution in [3.63, 3.8) is 0 Å². The molecule has 0 radical (unpaired) electrons. The highest BCUT2D eigenvalue weighted by atomic mass is 14.9. The smallest absolute Gasteiger partial charge is 0.129 e. The molecule has 0 aliphatic carbocycles. The highest BCUT2D eigenvalue weighted by Crippen LogP contribution is 2.18. The van der Waals surface area contributed by atoms with Crippen molar-refractivity contribution in [2.45, 2.75) is 26.7 Å². The Morgan fingerprint density at radius 2 is 2.00 bits per heavy atom. The van der Waals surface area contributed by atoms with Gasteiger partial charge in [0.1, 0.15) is 5.82 Å². The van der Waals surface area contributed by atoms with Gasteiger partial charge in [-0.3, -0.25) is 0 Å². The van der Waals surface area contributed by atoms with Crippen molar-refractivity contribution in [3.8, 4) is 0 Å². The lowest BCUT2D eigenvalue weighted by atomic mass is 10.1. The van der Waals surface area contributed by atoms with Gasteiger partial charge in [-0.1, -0.05) is 18.2 Å². The van der Waals surface area contributed by atoms with Crippen LogP contribution in [0.3, 0.4) is 0 Å². The summed E-state index contributed by atoms with van der Waals surface area (Å²) in [6.07, 6.45) is 1.80. The van der Waals surface area contributed by atoms with Crippen molar-refractivity contribution in [2.75, 3.05) is 6.54 Å². The number of nitrogens with zero attached hydrogens (tertiary/aromatic N) is 2. The summed E-state index contributed by atoms with van der Waals surface area (Å²) < 4.78 is 0. The molecule has 0 amide bonds. The Kier molecular flexibility index (Phi) is 3.15. The zero-order chi connectivity index (χ0) is 11.5. The number of aryl methyl sites for hydroxylation is 3. The molecule has 0 saturated carbocycles. The maximum Gasteiger partial charge on any atom is 0.129 e. The molecule has 1 aromatic heterocycles. The molecule has 0 aliphatic heterocycles. The van der Waals surface area contributed by atoms with Crippen LogP contribution in [0.15, 0.2) is 18.2 Å². The van der Waals surface area contributed by atoms with Crippen LogP contribution < -0.4 is 5.73 Å². The fourth-order valence-corrected chi connectivity index (χ4v) is 1.88. The third kappa shape index (κ3) is 2.04. The Bertz CT molecular complexity index is 506. The third-order valence-corrected chi connectivity index (χ3v) is 2.77. The van der Waals surface area contributed by atoms with Gasteiger partial charge in [0.05, 0.1) is 5.52 Å². The van der Waals surface area contributed by atoms with Gasteiger partial charge >= 0.3 is 0 Å². The minimum Gasteiger partial charge on any atom is -0.330 e. The van der Waals surface area contributed by atoms with E-state index in [1.165, 1.54) is 5.56 Å². The molecule has 3 heteroatoms. The molecule has 16 heavy (non-hydrogen) atoms. The molecule has 0 aliphatic rings. The minimum atomic E-state index is 0.689. The van der Waals surface area contributed by atoms with Crippen LogP contribution in [0, 0.1) is 13.8 Å². The van der Waals surface area contributed by atoms with Gasteiger partial charge in [-0.05, 0) is 32.4 Å². The molecule has 2 N–H and O–H groups in total. The Labute approximate surface area is 95.7 Å². The van der Waals surface area contributed by atoms with Gasteiger partial charge in [0, 0.05) is 17.5 Å². The van der Waals surface area contributed by atoms with Crippen molar-refractivity contribution < 1.29 is 0 Å². The summed E-state index contributed by atoms with van der Waals surface area (Å²) in [4.78, 5) is 9.12. The van der Waals surface area contributed by atoms with Gasteiger partial charge in [-0.2, -0.15) is 0 Å². The lowest BCUT2D eigenvalue weighted by Gasteiger charge is -2.07. The molecule has 3 nitrogen and oxygen atoms in total. The van der Waals surface area contributed by atoms with E-state index in [0.29, 0.717) is 6.54 Å². The second-order valence-electron chi connectivity index (χ2n) is 4.09. The normalized spacial score (nSPS) is 10.9. The van der Waals surface area contributed by atoms with E-state index in [1.807, 2.05) is 13.0 Å². The SMILES string of the molecule is Cc1nc(CCCN)nc2c(C)cccc12. The van der Waals surface area contributed by atoms with Gasteiger partial charge < -0.3 is 5.73 Å². The molecule has 2 rings (SSSR count). The topological polar surface area (TPSA) is 51.8 Å². The van der Waals surface area contributed by atoms with Gasteiger partial charge in [-0.15, -0.1) is 0 Å². The molecule has 1 heterocycles. The molecule has 1 aromatic carbocycles. The van der Waals surface area contributed by atoms with Gasteiger partial charge in [0.15, 0.2) is 0 Å². The average molecular weight is 215 g/mol. The molecular weight excluding hydrogens is 198 g/mol. The summed E-state index contributed by atoms with van der Waals surface area (Å²) >= 11 is 0. The van der Waals surface area contributed by atoms with Crippen LogP contribution >= 0.6 is 0 Å². The van der Waals surface area contributed by atoms with Crippen molar-refractivity contribution in [1.29, 1.82) is 0 Å². The molecule has 0 bridgehead atoms. The first kappa shape index (κ1) is 11.0. The van der Waals surface area contributed by atoms with Crippen molar-refractivity contribution >= 4 is 10.9 Å². The third-order valence-electron chi connectivity index (χ3n) is 2.77. The second-order valence-corrected chi connectivity index (χ2v) is 4.09. The molecular formula is C13H17N3. The van der Waals surface area contributed by atoms with Crippen LogP contribution in [0.4, 0.5) is 0 Å². The van der Waals surface area contributed by atoms with Gasteiger partial charge in [-0.25, -0.2) is 9.97 Å². The molecule has 0 fully saturated rings. The molecule has 0 atom stereocenters. The lowest BCUT2D eigenvalue weighted by molar-refractivity contribution is 0.782. The molecule has 2 aromatic rings. The van der Waals surface area contributed by atoms with E-state index >= 15 is 0 Å². The first-order chi connectivity index (χ1) is 7.72. The van der Waals surface area contributed by atoms with Crippen LogP contribution in [0.2, 0.25) is 0 Å². The Morgan fingerprint density at radius 3 is 2.75 bits per heavy atom. The van der Waals surface area contributed by atoms with E-state index in [0.717, 1.165) is 35.3 Å². The van der Waals surface area contributed by atoms with Gasteiger partial charge in [0.25, 0.3) is 0 Å². The second kappa shape index (κ2) is 4.58. The summed E-state index contributed by atoms with van der Waals surface area (Å²) in [5.74, 6) is 0.907. The minimum absolute atomic E-state index is 0.689. The number of nitrogens with two attached hydrogens (primary N) is 1. The number of fused-ring (bicyclic) bond motifs is 1. The number of aromatic nitrogens is 2. The molecule has 0 unspecified atom stereocenters. The van der Waals surface area contributed by atoms with Crippen LogP contribution in [0.1, 0.15) is 23.5 Å². The average Bonchev–Trinajstić information content (AvgIpc) is 2.28. The first-order valence-corrected chi connectivity index (χ1v) is 5.65. The summed E-state index contributed by atoms with van der Waals surface area (Å²) in [5, 5.41) is 1.15. The fraction of sp³-hybridized carbons (Fsp3) is 0.385. The summed E-state index contributed by atoms with van der Waals surface area (Å²) in [5.41, 5.74) is 8.83. The monoisotopic (exact) mass is 215 g/mol. The largest absolute Gasteiger partial charge is 0.330 e. The number of hydrogen-bond acceptors (Lipinski definition) is 3. The van der Waals surface area contributed by atoms with Crippen molar-refractivity contribution in [2.24, 2.45) is 5.73 Å². The van der Waals surface area contributed by atoms with E-state index in [2.05, 4.69) is 29.0 Å². The Morgan fingerprint density at radius 1 is 1.19 bits per heavy atom. The summed E-state index contributed by atoms with van der Waals surface area (Å²) in [7, 11) is 0. The van der Waals surface area contributed by atoms with Crippen molar-refractivity contribution in [1.82, 2.24) is 9.97 Å². The molecule has 84 valence electrons. The Balaban J connectivity index is 2.52. The fourth-order valence-electron chi connectivity index (χ4n) is 1.88. The maximum atomic E-state index is 5.50.